The molecule has 2 N–H and O–H groups in total. The Morgan fingerprint density at radius 2 is 1.90 bits per heavy atom. The van der Waals surface area contributed by atoms with Gasteiger partial charge >= 0.3 is 0 Å². The molecule has 0 spiro atoms. The second-order valence-corrected chi connectivity index (χ2v) is 6.81. The Kier molecular flexibility index (Phi) is 3.51. The molecule has 0 bridgehead atoms. The van der Waals surface area contributed by atoms with Crippen LogP contribution in [0.25, 0.3) is 21.3 Å². The van der Waals surface area contributed by atoms with Crippen molar-refractivity contribution in [2.45, 2.75) is 19.8 Å². The number of fused-ring (bicyclic) bond motifs is 1. The van der Waals surface area contributed by atoms with Crippen molar-refractivity contribution in [3.05, 3.63) is 50.6 Å². The lowest BCUT2D eigenvalue weighted by molar-refractivity contribution is 0.482. The van der Waals surface area contributed by atoms with Gasteiger partial charge in [0.05, 0.1) is 15.3 Å². The zero-order valence-corrected chi connectivity index (χ0v) is 13.2. The Morgan fingerprint density at radius 1 is 1.24 bits per heavy atom. The smallest absolute Gasteiger partial charge is 0.260 e. The maximum Gasteiger partial charge on any atom is 0.260 e. The van der Waals surface area contributed by atoms with E-state index in [2.05, 4.69) is 4.98 Å². The molecule has 0 radical (unpaired) electrons. The lowest BCUT2D eigenvalue weighted by Gasteiger charge is -2.09. The Bertz CT molecular complexity index is 865. The van der Waals surface area contributed by atoms with Crippen molar-refractivity contribution < 1.29 is 5.11 Å². The van der Waals surface area contributed by atoms with E-state index >= 15 is 0 Å². The molecular weight excluding hydrogens is 306 g/mol. The molecule has 0 saturated heterocycles. The first-order valence-electron chi connectivity index (χ1n) is 6.63. The minimum atomic E-state index is -0.306. The highest BCUT2D eigenvalue weighted by atomic mass is 35.5. The van der Waals surface area contributed by atoms with Crippen LogP contribution in [0.5, 0.6) is 5.75 Å². The number of pyridine rings is 1. The number of aromatic hydroxyl groups is 1. The van der Waals surface area contributed by atoms with Gasteiger partial charge < -0.3 is 10.1 Å². The van der Waals surface area contributed by atoms with E-state index in [0.29, 0.717) is 25.7 Å². The van der Waals surface area contributed by atoms with Crippen LogP contribution < -0.4 is 5.56 Å². The second-order valence-electron chi connectivity index (χ2n) is 5.19. The van der Waals surface area contributed by atoms with Gasteiger partial charge in [0.1, 0.15) is 10.6 Å². The molecule has 21 heavy (non-hydrogen) atoms. The fourth-order valence-corrected chi connectivity index (χ4v) is 4.15. The molecule has 0 unspecified atom stereocenters. The van der Waals surface area contributed by atoms with Gasteiger partial charge in [-0.1, -0.05) is 55.8 Å². The van der Waals surface area contributed by atoms with E-state index in [9.17, 15) is 9.90 Å². The summed E-state index contributed by atoms with van der Waals surface area (Å²) in [6.07, 6.45) is 0. The summed E-state index contributed by atoms with van der Waals surface area (Å²) in [6, 6.07) is 9.15. The number of hydrogen-bond donors (Lipinski definition) is 2. The molecule has 108 valence electrons. The van der Waals surface area contributed by atoms with Crippen LogP contribution >= 0.6 is 22.9 Å². The quantitative estimate of drug-likeness (QED) is 0.717. The SMILES string of the molecule is CC(C)c1c(Cl)sc2[nH]c(=O)c(-c3ccccc3)c(O)c12. The van der Waals surface area contributed by atoms with Crippen LogP contribution in [-0.2, 0) is 0 Å². The zero-order valence-electron chi connectivity index (χ0n) is 11.6. The van der Waals surface area contributed by atoms with Gasteiger partial charge in [0, 0.05) is 0 Å². The average molecular weight is 320 g/mol. The van der Waals surface area contributed by atoms with Crippen LogP contribution in [0, 0.1) is 0 Å². The molecule has 0 saturated carbocycles. The third-order valence-electron chi connectivity index (χ3n) is 3.47. The van der Waals surface area contributed by atoms with Crippen molar-refractivity contribution >= 4 is 33.2 Å². The van der Waals surface area contributed by atoms with E-state index in [1.165, 1.54) is 11.3 Å². The standard InChI is InChI=1S/C16H14ClNO2S/c1-8(2)10-12-13(19)11(9-6-4-3-5-7-9)15(20)18-16(12)21-14(10)17/h3-8H,1-2H3,(H2,18,19,20). The molecule has 3 rings (SSSR count). The summed E-state index contributed by atoms with van der Waals surface area (Å²) < 4.78 is 0.608. The minimum absolute atomic E-state index is 0.00630. The van der Waals surface area contributed by atoms with Gasteiger partial charge in [0.25, 0.3) is 5.56 Å². The van der Waals surface area contributed by atoms with E-state index in [1.807, 2.05) is 32.0 Å². The van der Waals surface area contributed by atoms with Gasteiger partial charge in [-0.05, 0) is 17.0 Å². The Morgan fingerprint density at radius 3 is 2.52 bits per heavy atom. The van der Waals surface area contributed by atoms with E-state index in [0.717, 1.165) is 5.56 Å². The normalized spacial score (nSPS) is 11.4. The molecular formula is C16H14ClNO2S. The maximum absolute atomic E-state index is 12.3. The summed E-state index contributed by atoms with van der Waals surface area (Å²) in [6.45, 7) is 4.03. The predicted octanol–water partition coefficient (Wildman–Crippen LogP) is 4.74. The number of aromatic nitrogens is 1. The van der Waals surface area contributed by atoms with Crippen LogP contribution in [-0.4, -0.2) is 10.1 Å². The summed E-state index contributed by atoms with van der Waals surface area (Å²) >= 11 is 7.56. The number of halogens is 1. The molecule has 1 aromatic carbocycles. The molecule has 2 aromatic heterocycles. The highest BCUT2D eigenvalue weighted by Gasteiger charge is 2.22. The first kappa shape index (κ1) is 14.2. The predicted molar refractivity (Wildman–Crippen MR) is 88.6 cm³/mol. The third-order valence-corrected chi connectivity index (χ3v) is 4.81. The van der Waals surface area contributed by atoms with Gasteiger partial charge in [-0.2, -0.15) is 0 Å². The maximum atomic E-state index is 12.3. The summed E-state index contributed by atoms with van der Waals surface area (Å²) in [4.78, 5) is 15.7. The molecule has 0 fully saturated rings. The van der Waals surface area contributed by atoms with Crippen LogP contribution in [0.3, 0.4) is 0 Å². The number of thiophene rings is 1. The average Bonchev–Trinajstić information content (AvgIpc) is 2.76. The molecule has 5 heteroatoms. The number of benzene rings is 1. The van der Waals surface area contributed by atoms with Gasteiger partial charge in [-0.3, -0.25) is 4.79 Å². The highest BCUT2D eigenvalue weighted by molar-refractivity contribution is 7.22. The van der Waals surface area contributed by atoms with Crippen molar-refractivity contribution in [1.29, 1.82) is 0 Å². The topological polar surface area (TPSA) is 53.1 Å². The van der Waals surface area contributed by atoms with E-state index < -0.39 is 0 Å². The van der Waals surface area contributed by atoms with Gasteiger partial charge in [-0.25, -0.2) is 0 Å². The van der Waals surface area contributed by atoms with Gasteiger partial charge in [0.15, 0.2) is 0 Å². The molecule has 2 heterocycles. The Balaban J connectivity index is 2.43. The summed E-state index contributed by atoms with van der Waals surface area (Å²) in [5.41, 5.74) is 1.55. The van der Waals surface area contributed by atoms with Gasteiger partial charge in [0.2, 0.25) is 0 Å². The molecule has 3 nitrogen and oxygen atoms in total. The largest absolute Gasteiger partial charge is 0.506 e. The first-order valence-corrected chi connectivity index (χ1v) is 7.82. The molecule has 0 aliphatic carbocycles. The van der Waals surface area contributed by atoms with E-state index in [1.54, 1.807) is 12.1 Å². The fourth-order valence-electron chi connectivity index (χ4n) is 2.53. The van der Waals surface area contributed by atoms with Crippen LogP contribution in [0.15, 0.2) is 35.1 Å². The summed E-state index contributed by atoms with van der Waals surface area (Å²) in [5, 5.41) is 11.3. The highest BCUT2D eigenvalue weighted by Crippen LogP contribution is 2.44. The zero-order chi connectivity index (χ0) is 15.1. The van der Waals surface area contributed by atoms with Crippen molar-refractivity contribution in [1.82, 2.24) is 4.98 Å². The van der Waals surface area contributed by atoms with Crippen molar-refractivity contribution in [2.75, 3.05) is 0 Å². The lowest BCUT2D eigenvalue weighted by Crippen LogP contribution is -2.08. The minimum Gasteiger partial charge on any atom is -0.506 e. The van der Waals surface area contributed by atoms with Crippen molar-refractivity contribution in [3.63, 3.8) is 0 Å². The van der Waals surface area contributed by atoms with Crippen molar-refractivity contribution in [2.24, 2.45) is 0 Å². The second kappa shape index (κ2) is 5.20. The number of aromatic amines is 1. The number of rotatable bonds is 2. The van der Waals surface area contributed by atoms with Crippen LogP contribution in [0.2, 0.25) is 4.34 Å². The first-order chi connectivity index (χ1) is 10.0. The molecule has 3 aromatic rings. The molecule has 0 amide bonds. The van der Waals surface area contributed by atoms with Crippen LogP contribution in [0.1, 0.15) is 25.3 Å². The fraction of sp³-hybridized carbons (Fsp3) is 0.188. The number of hydrogen-bond acceptors (Lipinski definition) is 3. The monoisotopic (exact) mass is 319 g/mol. The molecule has 0 aliphatic heterocycles. The molecule has 0 aliphatic rings. The van der Waals surface area contributed by atoms with Crippen LogP contribution in [0.4, 0.5) is 0 Å². The summed E-state index contributed by atoms with van der Waals surface area (Å²) in [5.74, 6) is 0.165. The van der Waals surface area contributed by atoms with E-state index in [-0.39, 0.29) is 17.2 Å². The Hall–Kier alpha value is -1.78. The number of H-pyrrole nitrogens is 1. The van der Waals surface area contributed by atoms with Crippen molar-refractivity contribution in [3.8, 4) is 16.9 Å². The number of nitrogens with one attached hydrogen (secondary N) is 1. The lowest BCUT2D eigenvalue weighted by atomic mass is 9.99. The summed E-state index contributed by atoms with van der Waals surface area (Å²) in [7, 11) is 0. The third kappa shape index (κ3) is 2.24. The van der Waals surface area contributed by atoms with E-state index in [4.69, 9.17) is 11.6 Å². The Labute approximate surface area is 130 Å². The van der Waals surface area contributed by atoms with Gasteiger partial charge in [-0.15, -0.1) is 11.3 Å². The molecule has 0 atom stereocenters.